The lowest BCUT2D eigenvalue weighted by Gasteiger charge is -2.34. The number of benzene rings is 1. The Balaban J connectivity index is 1.40. The molecular formula is C22H28ClN5O3. The standard InChI is InChI=1S/C22H28ClN5O3/c1-30-16-5-6-19(31-2)17(12-16)15-7-9-28(10-8-15)18-13-24-26-22(21(18)23)27-25-20(29)11-14-3-4-14/h5-6,12-15H,3-4,7-11H2,1-2H3,(H,25,29)(H,26,27). The zero-order valence-electron chi connectivity index (χ0n) is 17.9. The molecule has 0 spiro atoms. The van der Waals surface area contributed by atoms with Crippen LogP contribution in [0.25, 0.3) is 0 Å². The maximum Gasteiger partial charge on any atom is 0.238 e. The van der Waals surface area contributed by atoms with Gasteiger partial charge in [0.2, 0.25) is 5.91 Å². The van der Waals surface area contributed by atoms with E-state index in [4.69, 9.17) is 21.1 Å². The van der Waals surface area contributed by atoms with E-state index in [0.29, 0.717) is 29.1 Å². The van der Waals surface area contributed by atoms with Gasteiger partial charge in [0.1, 0.15) is 16.5 Å². The maximum absolute atomic E-state index is 11.9. The number of nitrogens with one attached hydrogen (secondary N) is 2. The average molecular weight is 446 g/mol. The molecule has 1 aliphatic heterocycles. The Bertz CT molecular complexity index is 929. The lowest BCUT2D eigenvalue weighted by atomic mass is 9.88. The van der Waals surface area contributed by atoms with E-state index in [2.05, 4.69) is 32.0 Å². The van der Waals surface area contributed by atoms with Crippen LogP contribution in [-0.2, 0) is 4.79 Å². The van der Waals surface area contributed by atoms with Crippen molar-refractivity contribution in [2.75, 3.05) is 37.6 Å². The van der Waals surface area contributed by atoms with Crippen LogP contribution in [0.1, 0.15) is 43.6 Å². The SMILES string of the molecule is COc1ccc(OC)c(C2CCN(c3cnnc(NNC(=O)CC4CC4)c3Cl)CC2)c1. The van der Waals surface area contributed by atoms with Crippen molar-refractivity contribution in [1.82, 2.24) is 15.6 Å². The molecule has 166 valence electrons. The molecular weight excluding hydrogens is 418 g/mol. The Morgan fingerprint density at radius 3 is 2.65 bits per heavy atom. The molecule has 1 aliphatic carbocycles. The van der Waals surface area contributed by atoms with Crippen molar-refractivity contribution in [3.8, 4) is 11.5 Å². The van der Waals surface area contributed by atoms with Crippen molar-refractivity contribution in [1.29, 1.82) is 0 Å². The summed E-state index contributed by atoms with van der Waals surface area (Å²) in [5.74, 6) is 2.91. The van der Waals surface area contributed by atoms with Gasteiger partial charge in [-0.3, -0.25) is 15.6 Å². The van der Waals surface area contributed by atoms with Gasteiger partial charge in [-0.25, -0.2) is 0 Å². The monoisotopic (exact) mass is 445 g/mol. The predicted octanol–water partition coefficient (Wildman–Crippen LogP) is 3.77. The van der Waals surface area contributed by atoms with E-state index < -0.39 is 0 Å². The number of nitrogens with zero attached hydrogens (tertiary/aromatic N) is 3. The van der Waals surface area contributed by atoms with E-state index in [1.54, 1.807) is 20.4 Å². The Morgan fingerprint density at radius 2 is 1.97 bits per heavy atom. The summed E-state index contributed by atoms with van der Waals surface area (Å²) in [6.07, 6.45) is 6.35. The number of hydrogen-bond acceptors (Lipinski definition) is 7. The number of methoxy groups -OCH3 is 2. The number of anilines is 2. The van der Waals surface area contributed by atoms with Crippen LogP contribution in [-0.4, -0.2) is 43.4 Å². The third-order valence-electron chi connectivity index (χ3n) is 5.97. The van der Waals surface area contributed by atoms with E-state index in [1.165, 1.54) is 5.56 Å². The number of piperidine rings is 1. The van der Waals surface area contributed by atoms with Crippen molar-refractivity contribution < 1.29 is 14.3 Å². The highest BCUT2D eigenvalue weighted by Crippen LogP contribution is 2.39. The molecule has 1 amide bonds. The van der Waals surface area contributed by atoms with Gasteiger partial charge in [0.05, 0.1) is 26.1 Å². The number of ether oxygens (including phenoxy) is 2. The molecule has 0 radical (unpaired) electrons. The van der Waals surface area contributed by atoms with Gasteiger partial charge in [0.15, 0.2) is 5.82 Å². The molecule has 2 aromatic rings. The van der Waals surface area contributed by atoms with E-state index in [-0.39, 0.29) is 5.91 Å². The largest absolute Gasteiger partial charge is 0.497 e. The lowest BCUT2D eigenvalue weighted by Crippen LogP contribution is -2.34. The first kappa shape index (κ1) is 21.5. The molecule has 0 bridgehead atoms. The minimum Gasteiger partial charge on any atom is -0.497 e. The number of hydrazine groups is 1. The summed E-state index contributed by atoms with van der Waals surface area (Å²) in [6.45, 7) is 1.65. The third kappa shape index (κ3) is 5.12. The van der Waals surface area contributed by atoms with E-state index >= 15 is 0 Å². The first-order chi connectivity index (χ1) is 15.1. The highest BCUT2D eigenvalue weighted by Gasteiger charge is 2.27. The minimum atomic E-state index is -0.0566. The molecule has 0 unspecified atom stereocenters. The van der Waals surface area contributed by atoms with Crippen molar-refractivity contribution in [3.05, 3.63) is 35.0 Å². The van der Waals surface area contributed by atoms with Crippen LogP contribution >= 0.6 is 11.6 Å². The van der Waals surface area contributed by atoms with Crippen molar-refractivity contribution in [2.24, 2.45) is 5.92 Å². The Kier molecular flexibility index (Phi) is 6.65. The average Bonchev–Trinajstić information content (AvgIpc) is 3.62. The summed E-state index contributed by atoms with van der Waals surface area (Å²) in [5, 5.41) is 8.57. The number of aromatic nitrogens is 2. The van der Waals surface area contributed by atoms with E-state index in [0.717, 1.165) is 56.0 Å². The first-order valence-electron chi connectivity index (χ1n) is 10.6. The fourth-order valence-electron chi connectivity index (χ4n) is 4.02. The number of rotatable bonds is 8. The van der Waals surface area contributed by atoms with Gasteiger partial charge in [0, 0.05) is 25.1 Å². The molecule has 1 aromatic carbocycles. The highest BCUT2D eigenvalue weighted by atomic mass is 35.5. The molecule has 1 saturated heterocycles. The molecule has 2 fully saturated rings. The van der Waals surface area contributed by atoms with Gasteiger partial charge in [0.25, 0.3) is 0 Å². The van der Waals surface area contributed by atoms with Crippen LogP contribution in [0, 0.1) is 5.92 Å². The van der Waals surface area contributed by atoms with Gasteiger partial charge < -0.3 is 14.4 Å². The van der Waals surface area contributed by atoms with E-state index in [9.17, 15) is 4.79 Å². The summed E-state index contributed by atoms with van der Waals surface area (Å²) < 4.78 is 11.0. The van der Waals surface area contributed by atoms with Crippen molar-refractivity contribution >= 4 is 29.0 Å². The van der Waals surface area contributed by atoms with Crippen molar-refractivity contribution in [2.45, 2.75) is 38.0 Å². The van der Waals surface area contributed by atoms with Gasteiger partial charge in [-0.1, -0.05) is 11.6 Å². The first-order valence-corrected chi connectivity index (χ1v) is 11.0. The second-order valence-corrected chi connectivity index (χ2v) is 8.46. The molecule has 2 aliphatic rings. The number of halogens is 1. The van der Waals surface area contributed by atoms with E-state index in [1.807, 2.05) is 12.1 Å². The van der Waals surface area contributed by atoms with Crippen LogP contribution in [0.2, 0.25) is 5.02 Å². The highest BCUT2D eigenvalue weighted by molar-refractivity contribution is 6.35. The maximum atomic E-state index is 11.9. The van der Waals surface area contributed by atoms with Gasteiger partial charge >= 0.3 is 0 Å². The molecule has 2 N–H and O–H groups in total. The number of carbonyl (C=O) groups excluding carboxylic acids is 1. The number of hydrogen-bond donors (Lipinski definition) is 2. The minimum absolute atomic E-state index is 0.0566. The predicted molar refractivity (Wildman–Crippen MR) is 120 cm³/mol. The molecule has 9 heteroatoms. The molecule has 8 nitrogen and oxygen atoms in total. The molecule has 1 aromatic heterocycles. The smallest absolute Gasteiger partial charge is 0.238 e. The fourth-order valence-corrected chi connectivity index (χ4v) is 4.27. The Morgan fingerprint density at radius 1 is 1.19 bits per heavy atom. The van der Waals surface area contributed by atoms with Crippen LogP contribution < -0.4 is 25.2 Å². The zero-order valence-corrected chi connectivity index (χ0v) is 18.6. The molecule has 2 heterocycles. The molecule has 0 atom stereocenters. The summed E-state index contributed by atoms with van der Waals surface area (Å²) in [7, 11) is 3.37. The van der Waals surface area contributed by atoms with Crippen LogP contribution in [0.5, 0.6) is 11.5 Å². The number of amides is 1. The topological polar surface area (TPSA) is 88.6 Å². The molecule has 4 rings (SSSR count). The molecule has 1 saturated carbocycles. The van der Waals surface area contributed by atoms with Crippen LogP contribution in [0.15, 0.2) is 24.4 Å². The van der Waals surface area contributed by atoms with Gasteiger partial charge in [-0.15, -0.1) is 5.10 Å². The summed E-state index contributed by atoms with van der Waals surface area (Å²) in [5.41, 5.74) is 7.48. The Labute approximate surface area is 187 Å². The van der Waals surface area contributed by atoms with Crippen LogP contribution in [0.3, 0.4) is 0 Å². The molecule has 31 heavy (non-hydrogen) atoms. The third-order valence-corrected chi connectivity index (χ3v) is 6.35. The quantitative estimate of drug-likeness (QED) is 0.598. The lowest BCUT2D eigenvalue weighted by molar-refractivity contribution is -0.120. The van der Waals surface area contributed by atoms with Crippen LogP contribution in [0.4, 0.5) is 11.5 Å². The van der Waals surface area contributed by atoms with Gasteiger partial charge in [-0.2, -0.15) is 5.10 Å². The zero-order chi connectivity index (χ0) is 21.8. The number of carbonyl (C=O) groups is 1. The fraction of sp³-hybridized carbons (Fsp3) is 0.500. The normalized spacial score (nSPS) is 16.7. The second-order valence-electron chi connectivity index (χ2n) is 8.08. The van der Waals surface area contributed by atoms with Crippen molar-refractivity contribution in [3.63, 3.8) is 0 Å². The summed E-state index contributed by atoms with van der Waals surface area (Å²) in [6, 6.07) is 5.93. The van der Waals surface area contributed by atoms with Gasteiger partial charge in [-0.05, 0) is 55.7 Å². The Hall–Kier alpha value is -2.74. The summed E-state index contributed by atoms with van der Waals surface area (Å²) >= 11 is 6.59. The second kappa shape index (κ2) is 9.60. The summed E-state index contributed by atoms with van der Waals surface area (Å²) in [4.78, 5) is 14.1.